The highest BCUT2D eigenvalue weighted by Crippen LogP contribution is 2.39. The van der Waals surface area contributed by atoms with Crippen LogP contribution in [0, 0.1) is 5.41 Å². The Morgan fingerprint density at radius 3 is 2.72 bits per heavy atom. The summed E-state index contributed by atoms with van der Waals surface area (Å²) in [5, 5.41) is 0. The van der Waals surface area contributed by atoms with E-state index >= 15 is 0 Å². The van der Waals surface area contributed by atoms with Gasteiger partial charge in [0.2, 0.25) is 0 Å². The Kier molecular flexibility index (Phi) is 2.90. The molecule has 1 fully saturated rings. The first-order valence-corrected chi connectivity index (χ1v) is 6.08. The SMILES string of the molecule is C=CCC(C)(C)C(=O)C1=CC(=O)C2(C=C1C)CO2. The Morgan fingerprint density at radius 2 is 2.22 bits per heavy atom. The Labute approximate surface area is 107 Å². The van der Waals surface area contributed by atoms with Crippen molar-refractivity contribution in [2.45, 2.75) is 32.8 Å². The maximum absolute atomic E-state index is 12.4. The second kappa shape index (κ2) is 4.02. The lowest BCUT2D eigenvalue weighted by molar-refractivity contribution is -0.124. The number of allylic oxidation sites excluding steroid dienone is 3. The van der Waals surface area contributed by atoms with E-state index in [1.165, 1.54) is 6.08 Å². The molecule has 0 radical (unpaired) electrons. The molecular formula is C15H18O3. The van der Waals surface area contributed by atoms with Gasteiger partial charge in [-0.1, -0.05) is 19.9 Å². The number of hydrogen-bond acceptors (Lipinski definition) is 3. The van der Waals surface area contributed by atoms with Crippen molar-refractivity contribution in [2.75, 3.05) is 6.61 Å². The van der Waals surface area contributed by atoms with Gasteiger partial charge in [-0.25, -0.2) is 0 Å². The summed E-state index contributed by atoms with van der Waals surface area (Å²) in [5.41, 5.74) is 0.0520. The van der Waals surface area contributed by atoms with E-state index in [2.05, 4.69) is 6.58 Å². The summed E-state index contributed by atoms with van der Waals surface area (Å²) in [4.78, 5) is 24.4. The van der Waals surface area contributed by atoms with Crippen LogP contribution in [0.1, 0.15) is 27.2 Å². The highest BCUT2D eigenvalue weighted by Gasteiger charge is 2.51. The number of ether oxygens (including phenoxy) is 1. The van der Waals surface area contributed by atoms with Crippen molar-refractivity contribution in [2.24, 2.45) is 5.41 Å². The van der Waals surface area contributed by atoms with Crippen LogP contribution in [-0.4, -0.2) is 23.8 Å². The molecule has 0 amide bonds. The molecular weight excluding hydrogens is 228 g/mol. The molecule has 1 spiro atoms. The fourth-order valence-electron chi connectivity index (χ4n) is 2.23. The molecule has 0 bridgehead atoms. The predicted molar refractivity (Wildman–Crippen MR) is 69.1 cm³/mol. The summed E-state index contributed by atoms with van der Waals surface area (Å²) in [5.74, 6) is -0.133. The fraction of sp³-hybridized carbons (Fsp3) is 0.467. The van der Waals surface area contributed by atoms with Crippen molar-refractivity contribution < 1.29 is 14.3 Å². The van der Waals surface area contributed by atoms with Gasteiger partial charge in [0.25, 0.3) is 0 Å². The minimum atomic E-state index is -0.754. The Hall–Kier alpha value is -1.48. The van der Waals surface area contributed by atoms with Crippen molar-refractivity contribution in [1.29, 1.82) is 0 Å². The summed E-state index contributed by atoms with van der Waals surface area (Å²) in [6.07, 6.45) is 5.53. The quantitative estimate of drug-likeness (QED) is 0.565. The normalized spacial score (nSPS) is 26.7. The second-order valence-corrected chi connectivity index (χ2v) is 5.63. The van der Waals surface area contributed by atoms with E-state index < -0.39 is 11.0 Å². The molecule has 18 heavy (non-hydrogen) atoms. The Bertz CT molecular complexity index is 488. The summed E-state index contributed by atoms with van der Waals surface area (Å²) < 4.78 is 5.18. The maximum Gasteiger partial charge on any atom is 0.194 e. The topological polar surface area (TPSA) is 46.7 Å². The predicted octanol–water partition coefficient (Wildman–Crippen LogP) is 2.38. The first kappa shape index (κ1) is 13.0. The van der Waals surface area contributed by atoms with Crippen molar-refractivity contribution in [1.82, 2.24) is 0 Å². The average Bonchev–Trinajstić information content (AvgIpc) is 3.03. The van der Waals surface area contributed by atoms with E-state index in [0.717, 1.165) is 5.57 Å². The van der Waals surface area contributed by atoms with Crippen LogP contribution >= 0.6 is 0 Å². The average molecular weight is 246 g/mol. The molecule has 1 saturated heterocycles. The van der Waals surface area contributed by atoms with Crippen LogP contribution in [0.5, 0.6) is 0 Å². The lowest BCUT2D eigenvalue weighted by Gasteiger charge is -2.25. The second-order valence-electron chi connectivity index (χ2n) is 5.63. The molecule has 0 aromatic carbocycles. The molecule has 1 unspecified atom stereocenters. The smallest absolute Gasteiger partial charge is 0.194 e. The molecule has 1 atom stereocenters. The zero-order chi connectivity index (χ0) is 13.6. The number of carbonyl (C=O) groups excluding carboxylic acids is 2. The molecule has 3 heteroatoms. The lowest BCUT2D eigenvalue weighted by atomic mass is 9.76. The van der Waals surface area contributed by atoms with Gasteiger partial charge < -0.3 is 4.74 Å². The van der Waals surface area contributed by atoms with Gasteiger partial charge in [-0.2, -0.15) is 0 Å². The van der Waals surface area contributed by atoms with Gasteiger partial charge in [-0.3, -0.25) is 9.59 Å². The molecule has 0 aromatic rings. The molecule has 0 saturated carbocycles. The maximum atomic E-state index is 12.4. The number of rotatable bonds is 4. The number of hydrogen-bond donors (Lipinski definition) is 0. The monoisotopic (exact) mass is 246 g/mol. The van der Waals surface area contributed by atoms with Crippen LogP contribution in [0.4, 0.5) is 0 Å². The van der Waals surface area contributed by atoms with E-state index in [1.54, 1.807) is 12.2 Å². The van der Waals surface area contributed by atoms with Crippen LogP contribution in [0.3, 0.4) is 0 Å². The molecule has 96 valence electrons. The van der Waals surface area contributed by atoms with Gasteiger partial charge in [-0.15, -0.1) is 6.58 Å². The summed E-state index contributed by atoms with van der Waals surface area (Å²) >= 11 is 0. The number of ketones is 2. The fourth-order valence-corrected chi connectivity index (χ4v) is 2.23. The summed E-state index contributed by atoms with van der Waals surface area (Å²) in [6, 6.07) is 0. The van der Waals surface area contributed by atoms with E-state index in [-0.39, 0.29) is 11.6 Å². The molecule has 0 N–H and O–H groups in total. The van der Waals surface area contributed by atoms with E-state index in [1.807, 2.05) is 20.8 Å². The third kappa shape index (κ3) is 1.99. The van der Waals surface area contributed by atoms with Gasteiger partial charge in [0.15, 0.2) is 17.2 Å². The molecule has 1 aliphatic carbocycles. The van der Waals surface area contributed by atoms with E-state index in [9.17, 15) is 9.59 Å². The summed E-state index contributed by atoms with van der Waals surface area (Å²) in [7, 11) is 0. The standard InChI is InChI=1S/C15H18O3/c1-5-6-14(3,4)13(17)11-7-12(16)15(9-18-15)8-10(11)2/h5,7-8H,1,6,9H2,2-4H3. The zero-order valence-electron chi connectivity index (χ0n) is 11.1. The molecule has 2 rings (SSSR count). The van der Waals surface area contributed by atoms with Crippen molar-refractivity contribution in [3.8, 4) is 0 Å². The zero-order valence-corrected chi connectivity index (χ0v) is 11.1. The molecule has 1 heterocycles. The van der Waals surface area contributed by atoms with Gasteiger partial charge in [-0.05, 0) is 31.1 Å². The van der Waals surface area contributed by atoms with Crippen LogP contribution < -0.4 is 0 Å². The largest absolute Gasteiger partial charge is 0.356 e. The van der Waals surface area contributed by atoms with Gasteiger partial charge in [0.1, 0.15) is 0 Å². The third-order valence-electron chi connectivity index (χ3n) is 3.54. The van der Waals surface area contributed by atoms with Gasteiger partial charge in [0, 0.05) is 11.0 Å². The number of carbonyl (C=O) groups is 2. The highest BCUT2D eigenvalue weighted by molar-refractivity contribution is 6.13. The van der Waals surface area contributed by atoms with Crippen LogP contribution in [0.25, 0.3) is 0 Å². The number of Topliss-reactive ketones (excluding diaryl/α,β-unsaturated/α-hetero) is 1. The third-order valence-corrected chi connectivity index (χ3v) is 3.54. The van der Waals surface area contributed by atoms with Gasteiger partial charge in [0.05, 0.1) is 6.61 Å². The van der Waals surface area contributed by atoms with E-state index in [0.29, 0.717) is 18.6 Å². The first-order chi connectivity index (χ1) is 8.32. The molecule has 3 nitrogen and oxygen atoms in total. The number of epoxide rings is 1. The molecule has 1 aliphatic heterocycles. The van der Waals surface area contributed by atoms with Crippen molar-refractivity contribution >= 4 is 11.6 Å². The van der Waals surface area contributed by atoms with Crippen LogP contribution in [-0.2, 0) is 14.3 Å². The molecule has 2 aliphatic rings. The van der Waals surface area contributed by atoms with Crippen LogP contribution in [0.2, 0.25) is 0 Å². The highest BCUT2D eigenvalue weighted by atomic mass is 16.6. The molecule has 0 aromatic heterocycles. The first-order valence-electron chi connectivity index (χ1n) is 6.08. The Morgan fingerprint density at radius 1 is 1.61 bits per heavy atom. The van der Waals surface area contributed by atoms with Crippen LogP contribution in [0.15, 0.2) is 36.0 Å². The van der Waals surface area contributed by atoms with E-state index in [4.69, 9.17) is 4.74 Å². The Balaban J connectivity index is 2.29. The van der Waals surface area contributed by atoms with Crippen molar-refractivity contribution in [3.05, 3.63) is 36.0 Å². The minimum absolute atomic E-state index is 0.0139. The lowest BCUT2D eigenvalue weighted by Crippen LogP contribution is -2.31. The van der Waals surface area contributed by atoms with Crippen molar-refractivity contribution in [3.63, 3.8) is 0 Å². The summed E-state index contributed by atoms with van der Waals surface area (Å²) in [6.45, 7) is 9.68. The van der Waals surface area contributed by atoms with Gasteiger partial charge >= 0.3 is 0 Å². The minimum Gasteiger partial charge on any atom is -0.356 e.